The van der Waals surface area contributed by atoms with E-state index in [4.69, 9.17) is 9.72 Å². The summed E-state index contributed by atoms with van der Waals surface area (Å²) in [4.78, 5) is 32.4. The van der Waals surface area contributed by atoms with Crippen LogP contribution < -0.4 is 10.1 Å². The van der Waals surface area contributed by atoms with Gasteiger partial charge < -0.3 is 15.0 Å². The van der Waals surface area contributed by atoms with Gasteiger partial charge in [0.2, 0.25) is 0 Å². The Bertz CT molecular complexity index is 1900. The van der Waals surface area contributed by atoms with Crippen molar-refractivity contribution in [3.05, 3.63) is 72.3 Å². The highest BCUT2D eigenvalue weighted by Gasteiger charge is 2.43. The maximum atomic E-state index is 15.4. The van der Waals surface area contributed by atoms with Crippen molar-refractivity contribution < 1.29 is 13.9 Å². The van der Waals surface area contributed by atoms with Gasteiger partial charge in [-0.05, 0) is 75.3 Å². The van der Waals surface area contributed by atoms with Crippen molar-refractivity contribution in [1.29, 1.82) is 0 Å². The number of halogens is 1. The van der Waals surface area contributed by atoms with Gasteiger partial charge in [-0.2, -0.15) is 5.10 Å². The maximum absolute atomic E-state index is 15.4. The number of fused-ring (bicyclic) bond motifs is 4. The van der Waals surface area contributed by atoms with Crippen molar-refractivity contribution in [3.8, 4) is 23.3 Å². The van der Waals surface area contributed by atoms with Crippen molar-refractivity contribution in [2.45, 2.75) is 57.5 Å². The van der Waals surface area contributed by atoms with Gasteiger partial charge in [-0.25, -0.2) is 28.8 Å². The number of pyridine rings is 2. The number of benzene rings is 1. The molecule has 0 saturated carbocycles. The zero-order valence-corrected chi connectivity index (χ0v) is 23.1. The van der Waals surface area contributed by atoms with E-state index < -0.39 is 5.82 Å². The molecule has 42 heavy (non-hydrogen) atoms. The first-order chi connectivity index (χ1) is 20.5. The highest BCUT2D eigenvalue weighted by atomic mass is 19.1. The average molecular weight is 563 g/mol. The van der Waals surface area contributed by atoms with Crippen LogP contribution in [0.15, 0.2) is 55.2 Å². The number of anilines is 2. The average Bonchev–Trinajstić information content (AvgIpc) is 3.56. The molecule has 4 aromatic heterocycles. The minimum atomic E-state index is -0.495. The van der Waals surface area contributed by atoms with E-state index in [9.17, 15) is 4.79 Å². The number of nitrogens with one attached hydrogen (secondary N) is 1. The number of aromatic nitrogens is 6. The second-order valence-electron chi connectivity index (χ2n) is 10.7. The van der Waals surface area contributed by atoms with E-state index in [0.29, 0.717) is 34.0 Å². The molecule has 2 aliphatic rings. The van der Waals surface area contributed by atoms with Gasteiger partial charge in [-0.3, -0.25) is 4.79 Å². The van der Waals surface area contributed by atoms with Gasteiger partial charge in [0, 0.05) is 42.0 Å². The lowest BCUT2D eigenvalue weighted by atomic mass is 9.87. The Balaban J connectivity index is 1.14. The maximum Gasteiger partial charge on any atom is 0.298 e. The van der Waals surface area contributed by atoms with Crippen LogP contribution >= 0.6 is 0 Å². The van der Waals surface area contributed by atoms with E-state index in [0.717, 1.165) is 36.9 Å². The Kier molecular flexibility index (Phi) is 6.38. The standard InChI is InChI=1S/C31H27FN8O2/c1-3-4-29(41)40-20-5-6-21(40)13-19(12-20)24-7-8-25-30(37-24)31(35-16-33-25)38-26-11-18(2)27(15-23(26)32)42-22-9-10-39-28(14-22)34-17-36-39/h7-11,14-17,19-21H,5-6,12-13H2,1-2H3,(H,33,35,38)/t19-,20+,21-. The van der Waals surface area contributed by atoms with Gasteiger partial charge in [0.05, 0.1) is 11.2 Å². The van der Waals surface area contributed by atoms with Crippen molar-refractivity contribution in [2.75, 3.05) is 5.32 Å². The van der Waals surface area contributed by atoms with Gasteiger partial charge in [0.1, 0.15) is 35.5 Å². The predicted molar refractivity (Wildman–Crippen MR) is 154 cm³/mol. The van der Waals surface area contributed by atoms with Crippen LogP contribution in [0.1, 0.15) is 49.8 Å². The van der Waals surface area contributed by atoms with Crippen LogP contribution in [-0.2, 0) is 4.79 Å². The number of carbonyl (C=O) groups excluding carboxylic acids is 1. The summed E-state index contributed by atoms with van der Waals surface area (Å²) >= 11 is 0. The second-order valence-corrected chi connectivity index (χ2v) is 10.7. The van der Waals surface area contributed by atoms with E-state index in [1.54, 1.807) is 35.8 Å². The third-order valence-corrected chi connectivity index (χ3v) is 8.12. The molecular weight excluding hydrogens is 535 g/mol. The molecule has 2 fully saturated rings. The second kappa shape index (κ2) is 10.4. The molecule has 11 heteroatoms. The monoisotopic (exact) mass is 562 g/mol. The number of nitrogens with zero attached hydrogens (tertiary/aromatic N) is 7. The molecule has 3 atom stereocenters. The molecule has 0 spiro atoms. The van der Waals surface area contributed by atoms with Crippen LogP contribution in [0.2, 0.25) is 0 Å². The fourth-order valence-electron chi connectivity index (χ4n) is 6.18. The molecule has 210 valence electrons. The number of rotatable bonds is 5. The van der Waals surface area contributed by atoms with Crippen LogP contribution in [0.3, 0.4) is 0 Å². The van der Waals surface area contributed by atoms with Crippen molar-refractivity contribution in [2.24, 2.45) is 0 Å². The predicted octanol–water partition coefficient (Wildman–Crippen LogP) is 5.31. The lowest BCUT2D eigenvalue weighted by Crippen LogP contribution is -2.45. The van der Waals surface area contributed by atoms with Gasteiger partial charge in [0.25, 0.3) is 5.91 Å². The summed E-state index contributed by atoms with van der Waals surface area (Å²) in [5, 5.41) is 7.21. The number of ether oxygens (including phenoxy) is 1. The Labute approximate surface area is 241 Å². The highest BCUT2D eigenvalue weighted by molar-refractivity contribution is 5.94. The van der Waals surface area contributed by atoms with Crippen LogP contribution in [0.5, 0.6) is 11.5 Å². The summed E-state index contributed by atoms with van der Waals surface area (Å²) in [5.41, 5.74) is 3.77. The minimum absolute atomic E-state index is 0.0834. The quantitative estimate of drug-likeness (QED) is 0.287. The van der Waals surface area contributed by atoms with Gasteiger partial charge in [-0.1, -0.05) is 5.92 Å². The number of carbonyl (C=O) groups is 1. The topological polar surface area (TPSA) is 110 Å². The largest absolute Gasteiger partial charge is 0.457 e. The Morgan fingerprint density at radius 2 is 1.90 bits per heavy atom. The first-order valence-corrected chi connectivity index (χ1v) is 13.9. The third-order valence-electron chi connectivity index (χ3n) is 8.12. The summed E-state index contributed by atoms with van der Waals surface area (Å²) in [5.74, 6) is 6.40. The van der Waals surface area contributed by atoms with Crippen LogP contribution in [0, 0.1) is 24.6 Å². The molecular formula is C31H27FN8O2. The van der Waals surface area contributed by atoms with E-state index in [-0.39, 0.29) is 29.6 Å². The SMILES string of the molecule is CC#CC(=O)N1[C@@H]2CC[C@H]1C[C@@H](c1ccc3ncnc(Nc4cc(C)c(Oc5ccn6ncnc6c5)cc4F)c3n1)C2. The van der Waals surface area contributed by atoms with Gasteiger partial charge >= 0.3 is 0 Å². The molecule has 0 unspecified atom stereocenters. The molecule has 10 nitrogen and oxygen atoms in total. The van der Waals surface area contributed by atoms with E-state index in [2.05, 4.69) is 37.2 Å². The highest BCUT2D eigenvalue weighted by Crippen LogP contribution is 2.43. The Hall–Kier alpha value is -5.11. The van der Waals surface area contributed by atoms with E-state index in [1.807, 2.05) is 24.0 Å². The molecule has 2 saturated heterocycles. The molecule has 0 radical (unpaired) electrons. The fourth-order valence-corrected chi connectivity index (χ4v) is 6.18. The fraction of sp³-hybridized carbons (Fsp3) is 0.290. The number of hydrogen-bond donors (Lipinski definition) is 1. The van der Waals surface area contributed by atoms with Gasteiger partial charge in [-0.15, -0.1) is 0 Å². The van der Waals surface area contributed by atoms with Crippen molar-refractivity contribution in [1.82, 2.24) is 34.4 Å². The minimum Gasteiger partial charge on any atom is -0.457 e. The zero-order chi connectivity index (χ0) is 28.8. The normalized spacial score (nSPS) is 19.5. The first kappa shape index (κ1) is 25.8. The third kappa shape index (κ3) is 4.64. The molecule has 6 heterocycles. The molecule has 1 aromatic carbocycles. The van der Waals surface area contributed by atoms with Crippen LogP contribution in [-0.4, -0.2) is 52.4 Å². The number of aryl methyl sites for hydroxylation is 1. The Morgan fingerprint density at radius 1 is 1.07 bits per heavy atom. The summed E-state index contributed by atoms with van der Waals surface area (Å²) < 4.78 is 23.0. The summed E-state index contributed by atoms with van der Waals surface area (Å²) in [7, 11) is 0. The number of hydrogen-bond acceptors (Lipinski definition) is 8. The molecule has 2 aliphatic heterocycles. The van der Waals surface area contributed by atoms with Crippen molar-refractivity contribution in [3.63, 3.8) is 0 Å². The molecule has 2 bridgehead atoms. The zero-order valence-electron chi connectivity index (χ0n) is 23.1. The van der Waals surface area contributed by atoms with Gasteiger partial charge in [0.15, 0.2) is 11.5 Å². The smallest absolute Gasteiger partial charge is 0.298 e. The van der Waals surface area contributed by atoms with Crippen LogP contribution in [0.4, 0.5) is 15.9 Å². The first-order valence-electron chi connectivity index (χ1n) is 13.9. The van der Waals surface area contributed by atoms with Crippen LogP contribution in [0.25, 0.3) is 16.7 Å². The number of amides is 1. The molecule has 7 rings (SSSR count). The Morgan fingerprint density at radius 3 is 2.71 bits per heavy atom. The molecule has 5 aromatic rings. The number of piperidine rings is 1. The van der Waals surface area contributed by atoms with E-state index >= 15 is 4.39 Å². The van der Waals surface area contributed by atoms with Crippen molar-refractivity contribution >= 4 is 34.1 Å². The van der Waals surface area contributed by atoms with E-state index in [1.165, 1.54) is 18.7 Å². The lowest BCUT2D eigenvalue weighted by molar-refractivity contribution is -0.129. The summed E-state index contributed by atoms with van der Waals surface area (Å²) in [6.45, 7) is 3.54. The molecule has 0 aliphatic carbocycles. The summed E-state index contributed by atoms with van der Waals surface area (Å²) in [6, 6.07) is 10.8. The molecule has 1 amide bonds. The molecule has 1 N–H and O–H groups in total. The summed E-state index contributed by atoms with van der Waals surface area (Å²) in [6.07, 6.45) is 8.26. The lowest BCUT2D eigenvalue weighted by Gasteiger charge is -2.37.